The van der Waals surface area contributed by atoms with Gasteiger partial charge in [0, 0.05) is 6.42 Å². The van der Waals surface area contributed by atoms with Gasteiger partial charge in [-0.25, -0.2) is 0 Å². The van der Waals surface area contributed by atoms with Gasteiger partial charge in [-0.15, -0.1) is 0 Å². The summed E-state index contributed by atoms with van der Waals surface area (Å²) < 4.78 is 5.36. The van der Waals surface area contributed by atoms with E-state index in [2.05, 4.69) is 6.92 Å². The van der Waals surface area contributed by atoms with Crippen LogP contribution in [0.25, 0.3) is 0 Å². The zero-order valence-electron chi connectivity index (χ0n) is 11.5. The van der Waals surface area contributed by atoms with E-state index in [1.807, 2.05) is 30.3 Å². The van der Waals surface area contributed by atoms with Gasteiger partial charge < -0.3 is 20.7 Å². The highest BCUT2D eigenvalue weighted by molar-refractivity contribution is 5.74. The second-order valence-corrected chi connectivity index (χ2v) is 4.04. The molecule has 112 valence electrons. The van der Waals surface area contributed by atoms with Gasteiger partial charge in [-0.2, -0.15) is 0 Å². The van der Waals surface area contributed by atoms with E-state index in [0.29, 0.717) is 0 Å². The van der Waals surface area contributed by atoms with Gasteiger partial charge in [0.15, 0.2) is 0 Å². The summed E-state index contributed by atoms with van der Waals surface area (Å²) in [6.07, 6.45) is 0.840. The first-order valence-corrected chi connectivity index (χ1v) is 6.35. The molecule has 0 saturated carbocycles. The highest BCUT2D eigenvalue weighted by atomic mass is 16.5. The molecule has 1 aromatic carbocycles. The zero-order chi connectivity index (χ0) is 15.4. The molecule has 0 aromatic heterocycles. The van der Waals surface area contributed by atoms with Gasteiger partial charge in [0.05, 0.1) is 6.61 Å². The molecule has 0 aliphatic heterocycles. The maximum absolute atomic E-state index is 9.99. The lowest BCUT2D eigenvalue weighted by Gasteiger charge is -2.01. The SMILES string of the molecule is CCCOc1ccccc1.NC(CCC(=O)O)C(=O)O. The molecule has 1 atom stereocenters. The van der Waals surface area contributed by atoms with E-state index in [1.165, 1.54) is 0 Å². The Kier molecular flexibility index (Phi) is 9.68. The molecular weight excluding hydrogens is 262 g/mol. The Hall–Kier alpha value is -2.08. The molecule has 0 aliphatic rings. The van der Waals surface area contributed by atoms with E-state index in [9.17, 15) is 9.59 Å². The van der Waals surface area contributed by atoms with Crippen molar-refractivity contribution < 1.29 is 24.5 Å². The summed E-state index contributed by atoms with van der Waals surface area (Å²) in [5.41, 5.74) is 5.00. The summed E-state index contributed by atoms with van der Waals surface area (Å²) in [7, 11) is 0. The van der Waals surface area contributed by atoms with Crippen LogP contribution < -0.4 is 10.5 Å². The zero-order valence-corrected chi connectivity index (χ0v) is 11.5. The summed E-state index contributed by atoms with van der Waals surface area (Å²) in [4.78, 5) is 19.9. The van der Waals surface area contributed by atoms with Crippen molar-refractivity contribution in [3.63, 3.8) is 0 Å². The molecule has 0 aliphatic carbocycles. The first-order chi connectivity index (χ1) is 9.47. The highest BCUT2D eigenvalue weighted by Gasteiger charge is 2.12. The first kappa shape index (κ1) is 17.9. The van der Waals surface area contributed by atoms with Gasteiger partial charge in [0.2, 0.25) is 0 Å². The van der Waals surface area contributed by atoms with Crippen LogP contribution >= 0.6 is 0 Å². The molecule has 0 spiro atoms. The standard InChI is InChI=1S/C9H12O.C5H9NO4/c1-2-8-10-9-6-4-3-5-7-9;6-3(5(9)10)1-2-4(7)8/h3-7H,2,8H2,1H3;3H,1-2,6H2,(H,7,8)(H,9,10). The molecule has 1 aromatic rings. The predicted octanol–water partition coefficient (Wildman–Crippen LogP) is 1.74. The normalized spacial score (nSPS) is 10.9. The van der Waals surface area contributed by atoms with Crippen molar-refractivity contribution in [1.82, 2.24) is 0 Å². The molecule has 1 unspecified atom stereocenters. The molecule has 4 N–H and O–H groups in total. The lowest BCUT2D eigenvalue weighted by atomic mass is 10.2. The van der Waals surface area contributed by atoms with Gasteiger partial charge in [0.1, 0.15) is 11.8 Å². The predicted molar refractivity (Wildman–Crippen MR) is 74.7 cm³/mol. The molecule has 0 heterocycles. The molecule has 6 nitrogen and oxygen atoms in total. The van der Waals surface area contributed by atoms with Gasteiger partial charge in [-0.3, -0.25) is 9.59 Å². The van der Waals surface area contributed by atoms with E-state index in [4.69, 9.17) is 20.7 Å². The second-order valence-electron chi connectivity index (χ2n) is 4.04. The average Bonchev–Trinajstić information content (AvgIpc) is 2.44. The topological polar surface area (TPSA) is 110 Å². The molecule has 1 rings (SSSR count). The third-order valence-electron chi connectivity index (χ3n) is 2.20. The number of carbonyl (C=O) groups is 2. The summed E-state index contributed by atoms with van der Waals surface area (Å²) >= 11 is 0. The molecule has 0 amide bonds. The van der Waals surface area contributed by atoms with Crippen LogP contribution in [0.4, 0.5) is 0 Å². The number of aliphatic carboxylic acids is 2. The molecule has 0 radical (unpaired) electrons. The van der Waals surface area contributed by atoms with Crippen molar-refractivity contribution in [2.24, 2.45) is 5.73 Å². The fourth-order valence-corrected chi connectivity index (χ4v) is 1.14. The number of hydrogen-bond donors (Lipinski definition) is 3. The third-order valence-corrected chi connectivity index (χ3v) is 2.20. The highest BCUT2D eigenvalue weighted by Crippen LogP contribution is 2.07. The van der Waals surface area contributed by atoms with Crippen molar-refractivity contribution in [1.29, 1.82) is 0 Å². The molecule has 6 heteroatoms. The van der Waals surface area contributed by atoms with Gasteiger partial charge in [-0.05, 0) is 25.0 Å². The molecule has 0 saturated heterocycles. The van der Waals surface area contributed by atoms with Gasteiger partial charge in [0.25, 0.3) is 0 Å². The molecular formula is C14H21NO5. The van der Waals surface area contributed by atoms with Crippen LogP contribution in [0.1, 0.15) is 26.2 Å². The van der Waals surface area contributed by atoms with Gasteiger partial charge >= 0.3 is 11.9 Å². The lowest BCUT2D eigenvalue weighted by molar-refractivity contribution is -0.139. The number of hydrogen-bond acceptors (Lipinski definition) is 4. The van der Waals surface area contributed by atoms with Crippen LogP contribution in [0.5, 0.6) is 5.75 Å². The Morgan fingerprint density at radius 1 is 1.25 bits per heavy atom. The minimum Gasteiger partial charge on any atom is -0.494 e. The van der Waals surface area contributed by atoms with Crippen LogP contribution in [0.3, 0.4) is 0 Å². The Bertz CT molecular complexity index is 394. The van der Waals surface area contributed by atoms with E-state index >= 15 is 0 Å². The number of carboxylic acids is 2. The largest absolute Gasteiger partial charge is 0.494 e. The second kappa shape index (κ2) is 10.8. The summed E-state index contributed by atoms with van der Waals surface area (Å²) in [6, 6.07) is 8.82. The summed E-state index contributed by atoms with van der Waals surface area (Å²) in [5, 5.41) is 16.3. The third kappa shape index (κ3) is 9.90. The van der Waals surface area contributed by atoms with Crippen LogP contribution in [0.2, 0.25) is 0 Å². The van der Waals surface area contributed by atoms with Crippen LogP contribution in [-0.4, -0.2) is 34.8 Å². The summed E-state index contributed by atoms with van der Waals surface area (Å²) in [5.74, 6) is -1.23. The maximum Gasteiger partial charge on any atom is 0.320 e. The smallest absolute Gasteiger partial charge is 0.320 e. The van der Waals surface area contributed by atoms with Crippen LogP contribution in [0, 0.1) is 0 Å². The average molecular weight is 283 g/mol. The Balaban J connectivity index is 0.000000361. The maximum atomic E-state index is 9.99. The first-order valence-electron chi connectivity index (χ1n) is 6.35. The van der Waals surface area contributed by atoms with E-state index in [1.54, 1.807) is 0 Å². The molecule has 0 fully saturated rings. The monoisotopic (exact) mass is 283 g/mol. The minimum atomic E-state index is -1.17. The number of ether oxygens (including phenoxy) is 1. The number of para-hydroxylation sites is 1. The quantitative estimate of drug-likeness (QED) is 0.703. The van der Waals surface area contributed by atoms with E-state index < -0.39 is 18.0 Å². The molecule has 0 bridgehead atoms. The Morgan fingerprint density at radius 2 is 1.85 bits per heavy atom. The lowest BCUT2D eigenvalue weighted by Crippen LogP contribution is -2.30. The fourth-order valence-electron chi connectivity index (χ4n) is 1.14. The minimum absolute atomic E-state index is 0.0231. The van der Waals surface area contributed by atoms with Crippen LogP contribution in [0.15, 0.2) is 30.3 Å². The number of rotatable bonds is 7. The number of carboxylic acid groups (broad SMARTS) is 2. The van der Waals surface area contributed by atoms with Crippen molar-refractivity contribution in [2.75, 3.05) is 6.61 Å². The Labute approximate surface area is 118 Å². The summed E-state index contributed by atoms with van der Waals surface area (Å²) in [6.45, 7) is 2.91. The van der Waals surface area contributed by atoms with Crippen molar-refractivity contribution in [3.05, 3.63) is 30.3 Å². The van der Waals surface area contributed by atoms with Crippen molar-refractivity contribution >= 4 is 11.9 Å². The van der Waals surface area contributed by atoms with Crippen molar-refractivity contribution in [3.8, 4) is 5.75 Å². The van der Waals surface area contributed by atoms with E-state index in [0.717, 1.165) is 18.8 Å². The molecule has 20 heavy (non-hydrogen) atoms. The van der Waals surface area contributed by atoms with Crippen molar-refractivity contribution in [2.45, 2.75) is 32.2 Å². The fraction of sp³-hybridized carbons (Fsp3) is 0.429. The van der Waals surface area contributed by atoms with E-state index in [-0.39, 0.29) is 12.8 Å². The Morgan fingerprint density at radius 3 is 2.30 bits per heavy atom. The van der Waals surface area contributed by atoms with Gasteiger partial charge in [-0.1, -0.05) is 25.1 Å². The van der Waals surface area contributed by atoms with Crippen LogP contribution in [-0.2, 0) is 9.59 Å². The number of benzene rings is 1. The number of nitrogens with two attached hydrogens (primary N) is 1.